The van der Waals surface area contributed by atoms with Crippen LogP contribution in [0.2, 0.25) is 0 Å². The average molecular weight is 217 g/mol. The first kappa shape index (κ1) is 12.2. The van der Waals surface area contributed by atoms with E-state index in [4.69, 9.17) is 11.0 Å². The van der Waals surface area contributed by atoms with Crippen molar-refractivity contribution in [2.45, 2.75) is 13.3 Å². The van der Waals surface area contributed by atoms with Crippen LogP contribution in [0.5, 0.6) is 0 Å². The Bertz CT molecular complexity index is 409. The van der Waals surface area contributed by atoms with Gasteiger partial charge in [0, 0.05) is 12.1 Å². The predicted molar refractivity (Wildman–Crippen MR) is 62.6 cm³/mol. The summed E-state index contributed by atoms with van der Waals surface area (Å²) in [5, 5.41) is 11.4. The molecule has 0 spiro atoms. The molecule has 0 aromatic heterocycles. The van der Waals surface area contributed by atoms with E-state index >= 15 is 0 Å². The molecule has 0 fully saturated rings. The Morgan fingerprint density at radius 1 is 1.62 bits per heavy atom. The molecule has 0 aliphatic heterocycles. The molecule has 1 aromatic carbocycles. The molecule has 0 heterocycles. The van der Waals surface area contributed by atoms with E-state index in [0.29, 0.717) is 24.2 Å². The van der Waals surface area contributed by atoms with Crippen LogP contribution in [0.15, 0.2) is 24.3 Å². The summed E-state index contributed by atoms with van der Waals surface area (Å²) in [6.07, 6.45) is 0.396. The van der Waals surface area contributed by atoms with Gasteiger partial charge in [-0.2, -0.15) is 5.26 Å². The Kier molecular flexibility index (Phi) is 4.49. The van der Waals surface area contributed by atoms with Gasteiger partial charge < -0.3 is 11.1 Å². The summed E-state index contributed by atoms with van der Waals surface area (Å²) in [5.74, 6) is 0.0900. The van der Waals surface area contributed by atoms with Crippen molar-refractivity contribution >= 4 is 11.6 Å². The second-order valence-corrected chi connectivity index (χ2v) is 3.79. The predicted octanol–water partition coefficient (Wildman–Crippen LogP) is 1.48. The van der Waals surface area contributed by atoms with Crippen LogP contribution in [-0.4, -0.2) is 12.5 Å². The maximum absolute atomic E-state index is 11.5. The molecule has 84 valence electrons. The van der Waals surface area contributed by atoms with Gasteiger partial charge in [0.2, 0.25) is 5.91 Å². The van der Waals surface area contributed by atoms with Crippen LogP contribution >= 0.6 is 0 Å². The van der Waals surface area contributed by atoms with Gasteiger partial charge in [-0.05, 0) is 30.7 Å². The van der Waals surface area contributed by atoms with Crippen LogP contribution < -0.4 is 11.1 Å². The molecular weight excluding hydrogens is 202 g/mol. The molecule has 4 nitrogen and oxygen atoms in total. The standard InChI is InChI=1S/C12H15N3O/c1-9(7-13)5-12(16)15-11-4-2-3-10(6-11)8-14/h2-4,6,9H,5,7,13H2,1H3,(H,15,16). The zero-order valence-electron chi connectivity index (χ0n) is 9.23. The van der Waals surface area contributed by atoms with Crippen molar-refractivity contribution < 1.29 is 4.79 Å². The molecule has 1 amide bonds. The molecular formula is C12H15N3O. The van der Waals surface area contributed by atoms with E-state index in [-0.39, 0.29) is 11.8 Å². The number of nitrogens with one attached hydrogen (secondary N) is 1. The molecule has 0 radical (unpaired) electrons. The van der Waals surface area contributed by atoms with Crippen molar-refractivity contribution in [3.8, 4) is 6.07 Å². The Morgan fingerprint density at radius 3 is 3.00 bits per heavy atom. The summed E-state index contributed by atoms with van der Waals surface area (Å²) in [6.45, 7) is 2.41. The lowest BCUT2D eigenvalue weighted by Gasteiger charge is -2.09. The summed E-state index contributed by atoms with van der Waals surface area (Å²) in [6, 6.07) is 8.85. The number of rotatable bonds is 4. The number of anilines is 1. The quantitative estimate of drug-likeness (QED) is 0.801. The normalized spacial score (nSPS) is 11.6. The lowest BCUT2D eigenvalue weighted by Crippen LogP contribution is -2.20. The van der Waals surface area contributed by atoms with E-state index in [9.17, 15) is 4.79 Å². The molecule has 1 atom stereocenters. The summed E-state index contributed by atoms with van der Waals surface area (Å²) in [7, 11) is 0. The topological polar surface area (TPSA) is 78.9 Å². The first-order valence-corrected chi connectivity index (χ1v) is 5.15. The number of amides is 1. The minimum absolute atomic E-state index is 0.0759. The highest BCUT2D eigenvalue weighted by Gasteiger charge is 2.07. The fraction of sp³-hybridized carbons (Fsp3) is 0.333. The molecule has 4 heteroatoms. The summed E-state index contributed by atoms with van der Waals surface area (Å²) in [4.78, 5) is 11.5. The third-order valence-electron chi connectivity index (χ3n) is 2.21. The van der Waals surface area contributed by atoms with E-state index < -0.39 is 0 Å². The van der Waals surface area contributed by atoms with Crippen LogP contribution in [0.3, 0.4) is 0 Å². The van der Waals surface area contributed by atoms with E-state index in [0.717, 1.165) is 0 Å². The number of benzene rings is 1. The van der Waals surface area contributed by atoms with Gasteiger partial charge in [-0.15, -0.1) is 0 Å². The van der Waals surface area contributed by atoms with Gasteiger partial charge >= 0.3 is 0 Å². The van der Waals surface area contributed by atoms with Gasteiger partial charge in [0.1, 0.15) is 0 Å². The SMILES string of the molecule is CC(CN)CC(=O)Nc1cccc(C#N)c1. The van der Waals surface area contributed by atoms with Crippen molar-refractivity contribution in [3.63, 3.8) is 0 Å². The van der Waals surface area contributed by atoms with E-state index in [1.54, 1.807) is 24.3 Å². The smallest absolute Gasteiger partial charge is 0.224 e. The number of nitrogens with zero attached hydrogens (tertiary/aromatic N) is 1. The lowest BCUT2D eigenvalue weighted by molar-refractivity contribution is -0.116. The number of carbonyl (C=O) groups is 1. The molecule has 0 aliphatic carbocycles. The Morgan fingerprint density at radius 2 is 2.38 bits per heavy atom. The van der Waals surface area contributed by atoms with Crippen molar-refractivity contribution in [3.05, 3.63) is 29.8 Å². The van der Waals surface area contributed by atoms with Gasteiger partial charge in [0.15, 0.2) is 0 Å². The molecule has 0 saturated heterocycles. The second-order valence-electron chi connectivity index (χ2n) is 3.79. The minimum Gasteiger partial charge on any atom is -0.330 e. The first-order valence-electron chi connectivity index (χ1n) is 5.15. The average Bonchev–Trinajstić information content (AvgIpc) is 2.28. The number of hydrogen-bond donors (Lipinski definition) is 2. The van der Waals surface area contributed by atoms with E-state index in [1.807, 2.05) is 13.0 Å². The summed E-state index contributed by atoms with van der Waals surface area (Å²) in [5.41, 5.74) is 6.61. The monoisotopic (exact) mass is 217 g/mol. The Labute approximate surface area is 95.1 Å². The highest BCUT2D eigenvalue weighted by Crippen LogP contribution is 2.11. The fourth-order valence-electron chi connectivity index (χ4n) is 1.28. The van der Waals surface area contributed by atoms with Gasteiger partial charge in [0.05, 0.1) is 11.6 Å². The Hall–Kier alpha value is -1.86. The zero-order valence-corrected chi connectivity index (χ0v) is 9.23. The molecule has 0 bridgehead atoms. The highest BCUT2D eigenvalue weighted by molar-refractivity contribution is 5.90. The van der Waals surface area contributed by atoms with Crippen molar-refractivity contribution in [1.29, 1.82) is 5.26 Å². The van der Waals surface area contributed by atoms with Crippen LogP contribution in [0.1, 0.15) is 18.9 Å². The van der Waals surface area contributed by atoms with Crippen LogP contribution in [-0.2, 0) is 4.79 Å². The number of nitriles is 1. The van der Waals surface area contributed by atoms with Gasteiger partial charge in [-0.3, -0.25) is 4.79 Å². The number of nitrogens with two attached hydrogens (primary N) is 1. The molecule has 1 unspecified atom stereocenters. The zero-order chi connectivity index (χ0) is 12.0. The second kappa shape index (κ2) is 5.89. The molecule has 0 aliphatic rings. The van der Waals surface area contributed by atoms with Gasteiger partial charge in [0.25, 0.3) is 0 Å². The lowest BCUT2D eigenvalue weighted by atomic mass is 10.1. The molecule has 16 heavy (non-hydrogen) atoms. The van der Waals surface area contributed by atoms with Gasteiger partial charge in [-0.25, -0.2) is 0 Å². The maximum atomic E-state index is 11.5. The van der Waals surface area contributed by atoms with Crippen molar-refractivity contribution in [2.75, 3.05) is 11.9 Å². The maximum Gasteiger partial charge on any atom is 0.224 e. The minimum atomic E-state index is -0.0759. The Balaban J connectivity index is 2.60. The molecule has 0 saturated carbocycles. The largest absolute Gasteiger partial charge is 0.330 e. The van der Waals surface area contributed by atoms with Crippen molar-refractivity contribution in [2.24, 2.45) is 11.7 Å². The summed E-state index contributed by atoms with van der Waals surface area (Å²) < 4.78 is 0. The van der Waals surface area contributed by atoms with Crippen LogP contribution in [0.4, 0.5) is 5.69 Å². The van der Waals surface area contributed by atoms with Gasteiger partial charge in [-0.1, -0.05) is 13.0 Å². The van der Waals surface area contributed by atoms with E-state index in [1.165, 1.54) is 0 Å². The van der Waals surface area contributed by atoms with Crippen LogP contribution in [0, 0.1) is 17.2 Å². The molecule has 1 aromatic rings. The third-order valence-corrected chi connectivity index (χ3v) is 2.21. The number of hydrogen-bond acceptors (Lipinski definition) is 3. The third kappa shape index (κ3) is 3.71. The molecule has 1 rings (SSSR count). The van der Waals surface area contributed by atoms with Crippen molar-refractivity contribution in [1.82, 2.24) is 0 Å². The fourth-order valence-corrected chi connectivity index (χ4v) is 1.28. The summed E-state index contributed by atoms with van der Waals surface area (Å²) >= 11 is 0. The highest BCUT2D eigenvalue weighted by atomic mass is 16.1. The van der Waals surface area contributed by atoms with Crippen LogP contribution in [0.25, 0.3) is 0 Å². The first-order chi connectivity index (χ1) is 7.65. The number of carbonyl (C=O) groups excluding carboxylic acids is 1. The van der Waals surface area contributed by atoms with E-state index in [2.05, 4.69) is 5.32 Å². The molecule has 3 N–H and O–H groups in total.